The van der Waals surface area contributed by atoms with E-state index >= 15 is 0 Å². The molecule has 0 saturated heterocycles. The Balaban J connectivity index is 2.19. The molecule has 0 unspecified atom stereocenters. The molecule has 0 heterocycles. The van der Waals surface area contributed by atoms with Gasteiger partial charge >= 0.3 is 0 Å². The lowest BCUT2D eigenvalue weighted by molar-refractivity contribution is 0.249. The molecule has 0 bridgehead atoms. The molecule has 20 heavy (non-hydrogen) atoms. The van der Waals surface area contributed by atoms with E-state index < -0.39 is 26.6 Å². The summed E-state index contributed by atoms with van der Waals surface area (Å²) >= 11 is 0. The van der Waals surface area contributed by atoms with Crippen molar-refractivity contribution in [2.75, 3.05) is 18.9 Å². The van der Waals surface area contributed by atoms with Crippen molar-refractivity contribution >= 4 is 15.7 Å². The number of sulfonamides is 1. The fraction of sp³-hybridized carbons (Fsp3) is 0.500. The van der Waals surface area contributed by atoms with Gasteiger partial charge in [0.25, 0.3) is 0 Å². The predicted molar refractivity (Wildman–Crippen MR) is 69.3 cm³/mol. The number of aliphatic hydroxyl groups is 1. The lowest BCUT2D eigenvalue weighted by Gasteiger charge is -2.15. The first-order chi connectivity index (χ1) is 9.30. The molecule has 0 amide bonds. The third kappa shape index (κ3) is 3.08. The Hall–Kier alpha value is -1.25. The van der Waals surface area contributed by atoms with E-state index in [9.17, 15) is 17.2 Å². The van der Waals surface area contributed by atoms with Crippen LogP contribution >= 0.6 is 0 Å². The minimum Gasteiger partial charge on any atom is -0.399 e. The highest BCUT2D eigenvalue weighted by atomic mass is 32.2. The topological polar surface area (TPSA) is 92.4 Å². The highest BCUT2D eigenvalue weighted by molar-refractivity contribution is 7.89. The van der Waals surface area contributed by atoms with Gasteiger partial charge in [0.05, 0.1) is 0 Å². The van der Waals surface area contributed by atoms with Crippen molar-refractivity contribution < 1.29 is 22.3 Å². The maximum atomic E-state index is 13.6. The smallest absolute Gasteiger partial charge is 0.243 e. The molecule has 1 aromatic carbocycles. The van der Waals surface area contributed by atoms with Crippen molar-refractivity contribution in [1.29, 1.82) is 0 Å². The standard InChI is InChI=1S/C12H16F2N2O3S/c13-9-5-8(15)6-10(11(9)14)20(18,19)16-7-12(1-2-12)3-4-17/h5-6,16-17H,1-4,7,15H2. The Bertz CT molecular complexity index is 615. The van der Waals surface area contributed by atoms with Crippen LogP contribution in [0.25, 0.3) is 0 Å². The van der Waals surface area contributed by atoms with Crippen molar-refractivity contribution in [3.05, 3.63) is 23.8 Å². The SMILES string of the molecule is Nc1cc(F)c(F)c(S(=O)(=O)NCC2(CCO)CC2)c1. The van der Waals surface area contributed by atoms with Gasteiger partial charge in [0.1, 0.15) is 4.90 Å². The van der Waals surface area contributed by atoms with Gasteiger partial charge in [-0.25, -0.2) is 21.9 Å². The minimum atomic E-state index is -4.17. The molecule has 8 heteroatoms. The maximum absolute atomic E-state index is 13.6. The molecule has 0 aliphatic heterocycles. The quantitative estimate of drug-likeness (QED) is 0.683. The Morgan fingerprint density at radius 3 is 2.55 bits per heavy atom. The fourth-order valence-electron chi connectivity index (χ4n) is 2.03. The number of nitrogen functional groups attached to an aromatic ring is 1. The number of aliphatic hydroxyl groups excluding tert-OH is 1. The van der Waals surface area contributed by atoms with Gasteiger partial charge in [-0.1, -0.05) is 0 Å². The molecule has 1 aromatic rings. The molecule has 0 radical (unpaired) electrons. The number of nitrogens with one attached hydrogen (secondary N) is 1. The highest BCUT2D eigenvalue weighted by Gasteiger charge is 2.42. The minimum absolute atomic E-state index is 0.0387. The van der Waals surface area contributed by atoms with E-state index in [4.69, 9.17) is 10.8 Å². The van der Waals surface area contributed by atoms with Crippen LogP contribution in [-0.2, 0) is 10.0 Å². The second-order valence-electron chi connectivity index (χ2n) is 5.11. The van der Waals surface area contributed by atoms with Crippen molar-refractivity contribution in [2.24, 2.45) is 5.41 Å². The first-order valence-electron chi connectivity index (χ1n) is 6.15. The number of benzene rings is 1. The third-order valence-corrected chi connectivity index (χ3v) is 4.94. The average Bonchev–Trinajstić information content (AvgIpc) is 3.12. The van der Waals surface area contributed by atoms with Gasteiger partial charge in [-0.05, 0) is 36.8 Å². The van der Waals surface area contributed by atoms with Crippen LogP contribution in [0, 0.1) is 17.0 Å². The molecular formula is C12H16F2N2O3S. The molecule has 5 nitrogen and oxygen atoms in total. The van der Waals surface area contributed by atoms with Crippen molar-refractivity contribution in [2.45, 2.75) is 24.2 Å². The molecule has 1 aliphatic rings. The van der Waals surface area contributed by atoms with Gasteiger partial charge in [-0.15, -0.1) is 0 Å². The van der Waals surface area contributed by atoms with Crippen LogP contribution in [0.4, 0.5) is 14.5 Å². The van der Waals surface area contributed by atoms with E-state index in [1.54, 1.807) is 0 Å². The van der Waals surface area contributed by atoms with E-state index in [1.165, 1.54) is 0 Å². The summed E-state index contributed by atoms with van der Waals surface area (Å²) in [5.74, 6) is -2.75. The van der Waals surface area contributed by atoms with Gasteiger partial charge in [0.2, 0.25) is 10.0 Å². The fourth-order valence-corrected chi connectivity index (χ4v) is 3.31. The number of anilines is 1. The summed E-state index contributed by atoms with van der Waals surface area (Å²) in [6.07, 6.45) is 2.07. The van der Waals surface area contributed by atoms with Crippen molar-refractivity contribution in [1.82, 2.24) is 4.72 Å². The van der Waals surface area contributed by atoms with Gasteiger partial charge in [-0.2, -0.15) is 0 Å². The zero-order valence-corrected chi connectivity index (χ0v) is 11.5. The van der Waals surface area contributed by atoms with Crippen LogP contribution in [-0.4, -0.2) is 26.7 Å². The Kier molecular flexibility index (Phi) is 3.99. The monoisotopic (exact) mass is 306 g/mol. The molecule has 1 aliphatic carbocycles. The lowest BCUT2D eigenvalue weighted by Crippen LogP contribution is -2.31. The average molecular weight is 306 g/mol. The Morgan fingerprint density at radius 1 is 1.35 bits per heavy atom. The second-order valence-corrected chi connectivity index (χ2v) is 6.85. The largest absolute Gasteiger partial charge is 0.399 e. The summed E-state index contributed by atoms with van der Waals surface area (Å²) in [7, 11) is -4.17. The van der Waals surface area contributed by atoms with Crippen molar-refractivity contribution in [3.8, 4) is 0 Å². The molecule has 0 spiro atoms. The van der Waals surface area contributed by atoms with Crippen LogP contribution in [0.15, 0.2) is 17.0 Å². The number of halogens is 2. The zero-order chi connectivity index (χ0) is 15.0. The molecule has 1 fully saturated rings. The Morgan fingerprint density at radius 2 is 2.00 bits per heavy atom. The summed E-state index contributed by atoms with van der Waals surface area (Å²) < 4.78 is 53.0. The molecule has 0 atom stereocenters. The molecule has 4 N–H and O–H groups in total. The summed E-state index contributed by atoms with van der Waals surface area (Å²) in [5, 5.41) is 8.90. The maximum Gasteiger partial charge on any atom is 0.243 e. The molecule has 0 aromatic heterocycles. The summed E-state index contributed by atoms with van der Waals surface area (Å²) in [6.45, 7) is 0.0504. The van der Waals surface area contributed by atoms with Crippen molar-refractivity contribution in [3.63, 3.8) is 0 Å². The predicted octanol–water partition coefficient (Wildman–Crippen LogP) is 0.988. The number of hydrogen-bond donors (Lipinski definition) is 3. The third-order valence-electron chi connectivity index (χ3n) is 3.54. The molecule has 112 valence electrons. The molecule has 1 saturated carbocycles. The zero-order valence-electron chi connectivity index (χ0n) is 10.7. The normalized spacial score (nSPS) is 17.1. The number of hydrogen-bond acceptors (Lipinski definition) is 4. The van der Waals surface area contributed by atoms with Gasteiger partial charge < -0.3 is 10.8 Å². The second kappa shape index (κ2) is 5.27. The van der Waals surface area contributed by atoms with Gasteiger partial charge in [0, 0.05) is 18.8 Å². The van der Waals surface area contributed by atoms with Crippen LogP contribution < -0.4 is 10.5 Å². The van der Waals surface area contributed by atoms with E-state index in [0.29, 0.717) is 6.42 Å². The number of nitrogens with two attached hydrogens (primary N) is 1. The summed E-state index contributed by atoms with van der Waals surface area (Å²) in [5.41, 5.74) is 4.90. The van der Waals surface area contributed by atoms with Gasteiger partial charge in [-0.3, -0.25) is 0 Å². The highest BCUT2D eigenvalue weighted by Crippen LogP contribution is 2.48. The lowest BCUT2D eigenvalue weighted by atomic mass is 10.0. The van der Waals surface area contributed by atoms with E-state index in [1.807, 2.05) is 0 Å². The van der Waals surface area contributed by atoms with E-state index in [0.717, 1.165) is 25.0 Å². The van der Waals surface area contributed by atoms with Crippen LogP contribution in [0.2, 0.25) is 0 Å². The van der Waals surface area contributed by atoms with Crippen LogP contribution in [0.5, 0.6) is 0 Å². The first kappa shape index (κ1) is 15.1. The summed E-state index contributed by atoms with van der Waals surface area (Å²) in [6, 6.07) is 1.61. The first-order valence-corrected chi connectivity index (χ1v) is 7.63. The van der Waals surface area contributed by atoms with E-state index in [-0.39, 0.29) is 24.3 Å². The molecular weight excluding hydrogens is 290 g/mol. The van der Waals surface area contributed by atoms with Gasteiger partial charge in [0.15, 0.2) is 11.6 Å². The summed E-state index contributed by atoms with van der Waals surface area (Å²) in [4.78, 5) is -0.796. The number of rotatable bonds is 6. The Labute approximate surface area is 115 Å². The van der Waals surface area contributed by atoms with Crippen LogP contribution in [0.3, 0.4) is 0 Å². The van der Waals surface area contributed by atoms with Crippen LogP contribution in [0.1, 0.15) is 19.3 Å². The van der Waals surface area contributed by atoms with E-state index in [2.05, 4.69) is 4.72 Å². The molecule has 2 rings (SSSR count).